The predicted molar refractivity (Wildman–Crippen MR) is 103 cm³/mol. The molecule has 0 saturated carbocycles. The van der Waals surface area contributed by atoms with E-state index in [9.17, 15) is 0 Å². The average molecular weight is 375 g/mol. The standard InChI is InChI=1S/C18H16Cl2N4O/c1-11-3-4-13(9-14(11)19)23-18-21-8-7-17(24-18)22-12-5-6-16(25-2)15(20)10-12/h3-10H,1-2H3,(H2,21,22,23,24). The average Bonchev–Trinajstić information content (AvgIpc) is 2.59. The molecule has 0 atom stereocenters. The number of aryl methyl sites for hydroxylation is 1. The summed E-state index contributed by atoms with van der Waals surface area (Å²) in [6.45, 7) is 1.95. The molecule has 0 unspecified atom stereocenters. The van der Waals surface area contributed by atoms with Gasteiger partial charge in [-0.3, -0.25) is 0 Å². The number of benzene rings is 2. The Kier molecular flexibility index (Phi) is 5.26. The van der Waals surface area contributed by atoms with Crippen molar-refractivity contribution in [1.29, 1.82) is 0 Å². The summed E-state index contributed by atoms with van der Waals surface area (Å²) in [4.78, 5) is 8.66. The second-order valence-electron chi connectivity index (χ2n) is 5.33. The monoisotopic (exact) mass is 374 g/mol. The van der Waals surface area contributed by atoms with Crippen LogP contribution in [-0.2, 0) is 0 Å². The minimum atomic E-state index is 0.463. The van der Waals surface area contributed by atoms with Gasteiger partial charge in [0.25, 0.3) is 0 Å². The third-order valence-electron chi connectivity index (χ3n) is 3.51. The molecule has 3 rings (SSSR count). The molecule has 2 aromatic carbocycles. The second kappa shape index (κ2) is 7.59. The van der Waals surface area contributed by atoms with Gasteiger partial charge in [0.15, 0.2) is 0 Å². The Morgan fingerprint density at radius 3 is 2.36 bits per heavy atom. The van der Waals surface area contributed by atoms with Crippen molar-refractivity contribution < 1.29 is 4.74 Å². The number of methoxy groups -OCH3 is 1. The normalized spacial score (nSPS) is 10.4. The van der Waals surface area contributed by atoms with Crippen LogP contribution in [0.3, 0.4) is 0 Å². The van der Waals surface area contributed by atoms with Crippen molar-refractivity contribution in [2.45, 2.75) is 6.92 Å². The van der Waals surface area contributed by atoms with Crippen LogP contribution in [0.1, 0.15) is 5.56 Å². The predicted octanol–water partition coefficient (Wildman–Crippen LogP) is 5.59. The van der Waals surface area contributed by atoms with Gasteiger partial charge in [0, 0.05) is 22.6 Å². The first-order chi connectivity index (χ1) is 12.0. The van der Waals surface area contributed by atoms with Crippen molar-refractivity contribution in [3.8, 4) is 5.75 Å². The van der Waals surface area contributed by atoms with Crippen molar-refractivity contribution in [3.05, 3.63) is 64.3 Å². The van der Waals surface area contributed by atoms with E-state index in [-0.39, 0.29) is 0 Å². The van der Waals surface area contributed by atoms with Gasteiger partial charge >= 0.3 is 0 Å². The van der Waals surface area contributed by atoms with Crippen LogP contribution in [0.15, 0.2) is 48.7 Å². The van der Waals surface area contributed by atoms with Gasteiger partial charge in [-0.2, -0.15) is 4.98 Å². The maximum absolute atomic E-state index is 6.14. The van der Waals surface area contributed by atoms with Gasteiger partial charge in [-0.15, -0.1) is 0 Å². The van der Waals surface area contributed by atoms with E-state index in [1.807, 2.05) is 31.2 Å². The number of nitrogens with one attached hydrogen (secondary N) is 2. The summed E-state index contributed by atoms with van der Waals surface area (Å²) in [6, 6.07) is 12.9. The lowest BCUT2D eigenvalue weighted by atomic mass is 10.2. The molecule has 0 aliphatic carbocycles. The fraction of sp³-hybridized carbons (Fsp3) is 0.111. The minimum absolute atomic E-state index is 0.463. The quantitative estimate of drug-likeness (QED) is 0.609. The molecule has 0 bridgehead atoms. The molecular weight excluding hydrogens is 359 g/mol. The summed E-state index contributed by atoms with van der Waals surface area (Å²) >= 11 is 12.3. The van der Waals surface area contributed by atoms with Gasteiger partial charge in [0.05, 0.1) is 12.1 Å². The molecule has 25 heavy (non-hydrogen) atoms. The number of hydrogen-bond donors (Lipinski definition) is 2. The van der Waals surface area contributed by atoms with Gasteiger partial charge in [-0.1, -0.05) is 29.3 Å². The summed E-state index contributed by atoms with van der Waals surface area (Å²) in [5, 5.41) is 7.53. The third kappa shape index (κ3) is 4.32. The SMILES string of the molecule is COc1ccc(Nc2ccnc(Nc3ccc(C)c(Cl)c3)n2)cc1Cl. The van der Waals surface area contributed by atoms with E-state index in [1.54, 1.807) is 31.5 Å². The molecule has 0 radical (unpaired) electrons. The number of rotatable bonds is 5. The Balaban J connectivity index is 1.77. The van der Waals surface area contributed by atoms with Crippen molar-refractivity contribution in [3.63, 3.8) is 0 Å². The van der Waals surface area contributed by atoms with Crippen molar-refractivity contribution in [1.82, 2.24) is 9.97 Å². The molecule has 0 spiro atoms. The minimum Gasteiger partial charge on any atom is -0.495 e. The molecule has 7 heteroatoms. The van der Waals surface area contributed by atoms with E-state index in [0.29, 0.717) is 27.6 Å². The highest BCUT2D eigenvalue weighted by molar-refractivity contribution is 6.32. The summed E-state index contributed by atoms with van der Waals surface area (Å²) in [6.07, 6.45) is 1.67. The first-order valence-corrected chi connectivity index (χ1v) is 8.27. The molecule has 0 amide bonds. The van der Waals surface area contributed by atoms with Crippen LogP contribution in [-0.4, -0.2) is 17.1 Å². The van der Waals surface area contributed by atoms with Crippen LogP contribution < -0.4 is 15.4 Å². The van der Waals surface area contributed by atoms with Crippen molar-refractivity contribution in [2.24, 2.45) is 0 Å². The molecule has 0 aliphatic heterocycles. The van der Waals surface area contributed by atoms with Crippen LogP contribution in [0, 0.1) is 6.92 Å². The van der Waals surface area contributed by atoms with E-state index < -0.39 is 0 Å². The lowest BCUT2D eigenvalue weighted by molar-refractivity contribution is 0.415. The van der Waals surface area contributed by atoms with E-state index in [4.69, 9.17) is 27.9 Å². The van der Waals surface area contributed by atoms with E-state index in [2.05, 4.69) is 20.6 Å². The third-order valence-corrected chi connectivity index (χ3v) is 4.21. The molecule has 1 heterocycles. The van der Waals surface area contributed by atoms with Gasteiger partial charge in [0.2, 0.25) is 5.95 Å². The first-order valence-electron chi connectivity index (χ1n) is 7.52. The number of halogens is 2. The highest BCUT2D eigenvalue weighted by Gasteiger charge is 2.05. The molecule has 0 fully saturated rings. The second-order valence-corrected chi connectivity index (χ2v) is 6.14. The maximum atomic E-state index is 6.14. The number of anilines is 4. The highest BCUT2D eigenvalue weighted by atomic mass is 35.5. The van der Waals surface area contributed by atoms with E-state index in [0.717, 1.165) is 16.9 Å². The highest BCUT2D eigenvalue weighted by Crippen LogP contribution is 2.28. The zero-order chi connectivity index (χ0) is 17.8. The number of ether oxygens (including phenoxy) is 1. The van der Waals surface area contributed by atoms with Gasteiger partial charge in [-0.05, 0) is 48.9 Å². The van der Waals surface area contributed by atoms with Crippen molar-refractivity contribution >= 4 is 46.3 Å². The van der Waals surface area contributed by atoms with E-state index >= 15 is 0 Å². The lowest BCUT2D eigenvalue weighted by Crippen LogP contribution is -2.00. The fourth-order valence-electron chi connectivity index (χ4n) is 2.18. The Morgan fingerprint density at radius 2 is 1.64 bits per heavy atom. The van der Waals surface area contributed by atoms with Crippen LogP contribution >= 0.6 is 23.2 Å². The van der Waals surface area contributed by atoms with Gasteiger partial charge in [0.1, 0.15) is 11.6 Å². The van der Waals surface area contributed by atoms with Crippen LogP contribution in [0.2, 0.25) is 10.0 Å². The Morgan fingerprint density at radius 1 is 0.920 bits per heavy atom. The number of aromatic nitrogens is 2. The Labute approximate surface area is 156 Å². The number of hydrogen-bond acceptors (Lipinski definition) is 5. The topological polar surface area (TPSA) is 59.1 Å². The van der Waals surface area contributed by atoms with Crippen LogP contribution in [0.4, 0.5) is 23.1 Å². The fourth-order valence-corrected chi connectivity index (χ4v) is 2.62. The summed E-state index contributed by atoms with van der Waals surface area (Å²) in [5.41, 5.74) is 2.63. The molecule has 128 valence electrons. The molecule has 0 saturated heterocycles. The largest absolute Gasteiger partial charge is 0.495 e. The van der Waals surface area contributed by atoms with E-state index in [1.165, 1.54) is 0 Å². The van der Waals surface area contributed by atoms with Crippen LogP contribution in [0.5, 0.6) is 5.75 Å². The Hall–Kier alpha value is -2.50. The van der Waals surface area contributed by atoms with Crippen LogP contribution in [0.25, 0.3) is 0 Å². The van der Waals surface area contributed by atoms with Crippen molar-refractivity contribution in [2.75, 3.05) is 17.7 Å². The molecule has 5 nitrogen and oxygen atoms in total. The van der Waals surface area contributed by atoms with Gasteiger partial charge < -0.3 is 15.4 Å². The lowest BCUT2D eigenvalue weighted by Gasteiger charge is -2.10. The molecular formula is C18H16Cl2N4O. The Bertz CT molecular complexity index is 902. The van der Waals surface area contributed by atoms with Gasteiger partial charge in [-0.25, -0.2) is 4.98 Å². The molecule has 0 aliphatic rings. The molecule has 1 aromatic heterocycles. The zero-order valence-electron chi connectivity index (χ0n) is 13.7. The number of nitrogens with zero attached hydrogens (tertiary/aromatic N) is 2. The molecule has 2 N–H and O–H groups in total. The summed E-state index contributed by atoms with van der Waals surface area (Å²) < 4.78 is 5.15. The molecule has 3 aromatic rings. The summed E-state index contributed by atoms with van der Waals surface area (Å²) in [5.74, 6) is 1.72. The zero-order valence-corrected chi connectivity index (χ0v) is 15.2. The first kappa shape index (κ1) is 17.3. The summed E-state index contributed by atoms with van der Waals surface area (Å²) in [7, 11) is 1.58. The smallest absolute Gasteiger partial charge is 0.229 e. The maximum Gasteiger partial charge on any atom is 0.229 e.